The second-order valence-corrected chi connectivity index (χ2v) is 7.34. The first-order valence-electron chi connectivity index (χ1n) is 6.95. The van der Waals surface area contributed by atoms with Gasteiger partial charge in [0.25, 0.3) is 15.5 Å². The van der Waals surface area contributed by atoms with Crippen LogP contribution in [-0.2, 0) is 14.6 Å². The number of methoxy groups -OCH3 is 1. The molecule has 7 nitrogen and oxygen atoms in total. The van der Waals surface area contributed by atoms with E-state index in [0.717, 1.165) is 12.5 Å². The van der Waals surface area contributed by atoms with Crippen LogP contribution in [0, 0.1) is 10.1 Å². The van der Waals surface area contributed by atoms with Crippen LogP contribution in [0.3, 0.4) is 0 Å². The molecule has 1 saturated carbocycles. The van der Waals surface area contributed by atoms with E-state index in [2.05, 4.69) is 5.32 Å². The maximum Gasteiger partial charge on any atom is 0.501 e. The number of nitrogens with zero attached hydrogens (tertiary/aromatic N) is 1. The van der Waals surface area contributed by atoms with Crippen molar-refractivity contribution in [2.24, 2.45) is 0 Å². The van der Waals surface area contributed by atoms with Crippen molar-refractivity contribution < 1.29 is 31.2 Å². The van der Waals surface area contributed by atoms with Crippen LogP contribution >= 0.6 is 0 Å². The Morgan fingerprint density at radius 1 is 1.33 bits per heavy atom. The predicted octanol–water partition coefficient (Wildman–Crippen LogP) is 2.87. The van der Waals surface area contributed by atoms with Crippen molar-refractivity contribution in [3.8, 4) is 0 Å². The fourth-order valence-corrected chi connectivity index (χ4v) is 3.37. The highest BCUT2D eigenvalue weighted by Crippen LogP contribution is 2.36. The first-order chi connectivity index (χ1) is 11.1. The normalized spacial score (nSPS) is 21.7. The SMILES string of the molecule is COC1CCC(Nc2ccc(S(=O)(=O)C(F)(F)F)cc2[N+](=O)[O-])C1. The standard InChI is InChI=1S/C13H15F3N2O5S/c1-23-9-3-2-8(6-9)17-11-5-4-10(7-12(11)18(19)20)24(21,22)13(14,15)16/h4-5,7-9,17H,2-3,6H2,1H3. The molecule has 1 aromatic rings. The summed E-state index contributed by atoms with van der Waals surface area (Å²) in [6.07, 6.45) is 2.03. The molecule has 0 aliphatic heterocycles. The van der Waals surface area contributed by atoms with Crippen LogP contribution in [0.2, 0.25) is 0 Å². The second-order valence-electron chi connectivity index (χ2n) is 5.40. The van der Waals surface area contributed by atoms with Crippen LogP contribution in [0.1, 0.15) is 19.3 Å². The Kier molecular flexibility index (Phi) is 5.04. The van der Waals surface area contributed by atoms with Gasteiger partial charge < -0.3 is 10.1 Å². The van der Waals surface area contributed by atoms with Crippen LogP contribution in [0.4, 0.5) is 24.5 Å². The average Bonchev–Trinajstić information content (AvgIpc) is 2.93. The van der Waals surface area contributed by atoms with Crippen molar-refractivity contribution >= 4 is 21.2 Å². The molecule has 1 aliphatic rings. The third-order valence-electron chi connectivity index (χ3n) is 3.86. The van der Waals surface area contributed by atoms with Crippen molar-refractivity contribution in [3.05, 3.63) is 28.3 Å². The highest BCUT2D eigenvalue weighted by atomic mass is 32.2. The lowest BCUT2D eigenvalue weighted by Crippen LogP contribution is -2.23. The van der Waals surface area contributed by atoms with Gasteiger partial charge in [-0.25, -0.2) is 8.42 Å². The molecule has 0 radical (unpaired) electrons. The van der Waals surface area contributed by atoms with Gasteiger partial charge in [-0.15, -0.1) is 0 Å². The van der Waals surface area contributed by atoms with Gasteiger partial charge in [-0.1, -0.05) is 0 Å². The molecule has 0 heterocycles. The van der Waals surface area contributed by atoms with E-state index < -0.39 is 30.9 Å². The van der Waals surface area contributed by atoms with Gasteiger partial charge in [0.15, 0.2) is 0 Å². The zero-order chi connectivity index (χ0) is 18.1. The van der Waals surface area contributed by atoms with Gasteiger partial charge in [0.05, 0.1) is 15.9 Å². The Labute approximate surface area is 135 Å². The lowest BCUT2D eigenvalue weighted by Gasteiger charge is -2.15. The Balaban J connectivity index is 2.33. The molecule has 1 aliphatic carbocycles. The van der Waals surface area contributed by atoms with Crippen molar-refractivity contribution in [3.63, 3.8) is 0 Å². The lowest BCUT2D eigenvalue weighted by molar-refractivity contribution is -0.384. The molecule has 0 spiro atoms. The Morgan fingerprint density at radius 3 is 2.50 bits per heavy atom. The van der Waals surface area contributed by atoms with Gasteiger partial charge in [0.1, 0.15) is 5.69 Å². The van der Waals surface area contributed by atoms with Gasteiger partial charge in [-0.2, -0.15) is 13.2 Å². The van der Waals surface area contributed by atoms with Crippen molar-refractivity contribution in [1.82, 2.24) is 0 Å². The summed E-state index contributed by atoms with van der Waals surface area (Å²) >= 11 is 0. The summed E-state index contributed by atoms with van der Waals surface area (Å²) in [5.74, 6) is 0. The first kappa shape index (κ1) is 18.5. The first-order valence-corrected chi connectivity index (χ1v) is 8.43. The van der Waals surface area contributed by atoms with Crippen LogP contribution in [0.5, 0.6) is 0 Å². The average molecular weight is 368 g/mol. The predicted molar refractivity (Wildman–Crippen MR) is 78.4 cm³/mol. The minimum Gasteiger partial charge on any atom is -0.381 e. The fourth-order valence-electron chi connectivity index (χ4n) is 2.59. The molecule has 2 atom stereocenters. The van der Waals surface area contributed by atoms with E-state index in [0.29, 0.717) is 25.0 Å². The number of sulfone groups is 1. The lowest BCUT2D eigenvalue weighted by atomic mass is 10.2. The van der Waals surface area contributed by atoms with E-state index in [4.69, 9.17) is 4.74 Å². The number of rotatable bonds is 5. The summed E-state index contributed by atoms with van der Waals surface area (Å²) < 4.78 is 65.7. The van der Waals surface area contributed by atoms with Gasteiger partial charge >= 0.3 is 5.51 Å². The van der Waals surface area contributed by atoms with E-state index in [-0.39, 0.29) is 17.8 Å². The topological polar surface area (TPSA) is 98.5 Å². The highest BCUT2D eigenvalue weighted by molar-refractivity contribution is 7.92. The van der Waals surface area contributed by atoms with Crippen molar-refractivity contribution in [2.75, 3.05) is 12.4 Å². The van der Waals surface area contributed by atoms with Crippen LogP contribution in [0.25, 0.3) is 0 Å². The number of nitrogens with one attached hydrogen (secondary N) is 1. The molecular weight excluding hydrogens is 353 g/mol. The number of alkyl halides is 3. The Bertz CT molecular complexity index is 736. The summed E-state index contributed by atoms with van der Waals surface area (Å²) in [4.78, 5) is 9.03. The zero-order valence-electron chi connectivity index (χ0n) is 12.5. The molecule has 0 bridgehead atoms. The summed E-state index contributed by atoms with van der Waals surface area (Å²) in [5.41, 5.74) is -6.27. The smallest absolute Gasteiger partial charge is 0.381 e. The van der Waals surface area contributed by atoms with Gasteiger partial charge in [0, 0.05) is 19.2 Å². The number of halogens is 3. The Morgan fingerprint density at radius 2 is 2.00 bits per heavy atom. The molecule has 0 amide bonds. The monoisotopic (exact) mass is 368 g/mol. The number of hydrogen-bond acceptors (Lipinski definition) is 6. The Hall–Kier alpha value is -1.88. The molecule has 0 aromatic heterocycles. The molecule has 1 aromatic carbocycles. The van der Waals surface area contributed by atoms with E-state index in [9.17, 15) is 31.7 Å². The molecule has 0 saturated heterocycles. The second kappa shape index (κ2) is 6.55. The summed E-state index contributed by atoms with van der Waals surface area (Å²) in [7, 11) is -4.09. The van der Waals surface area contributed by atoms with E-state index in [1.807, 2.05) is 0 Å². The minimum absolute atomic E-state index is 0.00596. The van der Waals surface area contributed by atoms with Gasteiger partial charge in [-0.05, 0) is 31.4 Å². The van der Waals surface area contributed by atoms with Gasteiger partial charge in [-0.3, -0.25) is 10.1 Å². The quantitative estimate of drug-likeness (QED) is 0.634. The van der Waals surface area contributed by atoms with E-state index >= 15 is 0 Å². The minimum atomic E-state index is -5.64. The molecular formula is C13H15F3N2O5S. The maximum absolute atomic E-state index is 12.6. The van der Waals surface area contributed by atoms with E-state index in [1.54, 1.807) is 7.11 Å². The third-order valence-corrected chi connectivity index (χ3v) is 5.34. The largest absolute Gasteiger partial charge is 0.501 e. The highest BCUT2D eigenvalue weighted by Gasteiger charge is 2.47. The number of nitro groups is 1. The van der Waals surface area contributed by atoms with E-state index in [1.165, 1.54) is 0 Å². The molecule has 2 unspecified atom stereocenters. The number of benzene rings is 1. The number of ether oxygens (including phenoxy) is 1. The van der Waals surface area contributed by atoms with Crippen molar-refractivity contribution in [1.29, 1.82) is 0 Å². The summed E-state index contributed by atoms with van der Waals surface area (Å²) in [5, 5.41) is 14.0. The molecule has 2 rings (SSSR count). The number of hydrogen-bond donors (Lipinski definition) is 1. The summed E-state index contributed by atoms with van der Waals surface area (Å²) in [6.45, 7) is 0. The molecule has 24 heavy (non-hydrogen) atoms. The van der Waals surface area contributed by atoms with Crippen LogP contribution < -0.4 is 5.32 Å². The van der Waals surface area contributed by atoms with Crippen molar-refractivity contribution in [2.45, 2.75) is 41.8 Å². The fraction of sp³-hybridized carbons (Fsp3) is 0.538. The van der Waals surface area contributed by atoms with Crippen LogP contribution in [0.15, 0.2) is 23.1 Å². The third kappa shape index (κ3) is 3.61. The molecule has 1 fully saturated rings. The maximum atomic E-state index is 12.6. The molecule has 134 valence electrons. The van der Waals surface area contributed by atoms with Crippen LogP contribution in [-0.4, -0.2) is 38.1 Å². The number of anilines is 1. The molecule has 11 heteroatoms. The molecule has 1 N–H and O–H groups in total. The zero-order valence-corrected chi connectivity index (χ0v) is 13.4. The van der Waals surface area contributed by atoms with Gasteiger partial charge in [0.2, 0.25) is 0 Å². The number of nitro benzene ring substituents is 1. The summed E-state index contributed by atoms with van der Waals surface area (Å²) in [6, 6.07) is 1.98.